The minimum atomic E-state index is -3.25. The van der Waals surface area contributed by atoms with Gasteiger partial charge in [0.25, 0.3) is 0 Å². The molecule has 0 amide bonds. The van der Waals surface area contributed by atoms with Crippen molar-refractivity contribution in [2.75, 3.05) is 19.8 Å². The summed E-state index contributed by atoms with van der Waals surface area (Å²) in [6.07, 6.45) is 0. The highest BCUT2D eigenvalue weighted by Crippen LogP contribution is 2.31. The Hall–Kier alpha value is -1.08. The van der Waals surface area contributed by atoms with E-state index in [1.54, 1.807) is 4.31 Å². The summed E-state index contributed by atoms with van der Waals surface area (Å²) in [4.78, 5) is 0. The van der Waals surface area contributed by atoms with Crippen LogP contribution in [0.1, 0.15) is 5.69 Å². The maximum Gasteiger partial charge on any atom is 0.221 e. The molecule has 0 bridgehead atoms. The molecule has 4 rings (SSSR count). The zero-order valence-corrected chi connectivity index (χ0v) is 12.9. The van der Waals surface area contributed by atoms with Crippen molar-refractivity contribution in [3.63, 3.8) is 0 Å². The molecule has 0 unspecified atom stereocenters. The van der Waals surface area contributed by atoms with Gasteiger partial charge in [-0.05, 0) is 18.2 Å². The Kier molecular flexibility index (Phi) is 3.04. The fourth-order valence-electron chi connectivity index (χ4n) is 2.98. The minimum absolute atomic E-state index is 0.313. The lowest BCUT2D eigenvalue weighted by atomic mass is 10.2. The molecule has 2 aliphatic rings. The number of aromatic nitrogens is 1. The SMILES string of the molecule is O=S(=O)(C1COC1)N1CCn2c(cc3c(Cl)cccc32)C1. The largest absolute Gasteiger partial charge is 0.378 e. The molecular formula is C14H15ClN2O3S. The number of ether oxygens (including phenoxy) is 1. The van der Waals surface area contributed by atoms with Crippen LogP contribution in [0.3, 0.4) is 0 Å². The number of nitrogens with zero attached hydrogens (tertiary/aromatic N) is 2. The van der Waals surface area contributed by atoms with Crippen LogP contribution in [0.2, 0.25) is 5.02 Å². The van der Waals surface area contributed by atoms with E-state index < -0.39 is 10.0 Å². The molecule has 0 spiro atoms. The molecule has 7 heteroatoms. The predicted octanol–water partition coefficient (Wildman–Crippen LogP) is 1.84. The van der Waals surface area contributed by atoms with Gasteiger partial charge in [-0.25, -0.2) is 8.42 Å². The summed E-state index contributed by atoms with van der Waals surface area (Å²) in [6, 6.07) is 7.80. The smallest absolute Gasteiger partial charge is 0.221 e. The third kappa shape index (κ3) is 2.01. The van der Waals surface area contributed by atoms with Gasteiger partial charge in [-0.15, -0.1) is 0 Å². The summed E-state index contributed by atoms with van der Waals surface area (Å²) in [5, 5.41) is 1.31. The average molecular weight is 327 g/mol. The summed E-state index contributed by atoms with van der Waals surface area (Å²) in [7, 11) is -3.25. The van der Waals surface area contributed by atoms with Crippen LogP contribution < -0.4 is 0 Å². The Morgan fingerprint density at radius 1 is 1.24 bits per heavy atom. The zero-order chi connectivity index (χ0) is 14.6. The maximum absolute atomic E-state index is 12.5. The molecule has 1 fully saturated rings. The monoisotopic (exact) mass is 326 g/mol. The molecule has 2 aliphatic heterocycles. The third-order valence-electron chi connectivity index (χ3n) is 4.28. The summed E-state index contributed by atoms with van der Waals surface area (Å²) >= 11 is 6.22. The van der Waals surface area contributed by atoms with E-state index >= 15 is 0 Å². The molecule has 3 heterocycles. The average Bonchev–Trinajstić information content (AvgIpc) is 2.75. The van der Waals surface area contributed by atoms with E-state index in [1.807, 2.05) is 24.3 Å². The Bertz CT molecular complexity index is 811. The van der Waals surface area contributed by atoms with Gasteiger partial charge in [0.2, 0.25) is 10.0 Å². The zero-order valence-electron chi connectivity index (χ0n) is 11.3. The molecule has 1 saturated heterocycles. The van der Waals surface area contributed by atoms with E-state index in [2.05, 4.69) is 4.57 Å². The molecule has 0 aliphatic carbocycles. The number of sulfonamides is 1. The number of benzene rings is 1. The van der Waals surface area contributed by atoms with Crippen molar-refractivity contribution in [3.05, 3.63) is 35.0 Å². The summed E-state index contributed by atoms with van der Waals surface area (Å²) in [5.74, 6) is 0. The number of hydrogen-bond acceptors (Lipinski definition) is 3. The molecule has 0 N–H and O–H groups in total. The van der Waals surface area contributed by atoms with Crippen molar-refractivity contribution in [2.45, 2.75) is 18.3 Å². The first kappa shape index (κ1) is 13.6. The van der Waals surface area contributed by atoms with Crippen LogP contribution in [0.5, 0.6) is 0 Å². The second-order valence-electron chi connectivity index (χ2n) is 5.50. The van der Waals surface area contributed by atoms with Crippen LogP contribution in [0.4, 0.5) is 0 Å². The van der Waals surface area contributed by atoms with E-state index in [9.17, 15) is 8.42 Å². The van der Waals surface area contributed by atoms with Gasteiger partial charge in [0.15, 0.2) is 0 Å². The third-order valence-corrected chi connectivity index (χ3v) is 6.75. The van der Waals surface area contributed by atoms with Crippen LogP contribution >= 0.6 is 11.6 Å². The fraction of sp³-hybridized carbons (Fsp3) is 0.429. The Balaban J connectivity index is 1.72. The van der Waals surface area contributed by atoms with Gasteiger partial charge in [0.05, 0.1) is 19.8 Å². The molecule has 21 heavy (non-hydrogen) atoms. The summed E-state index contributed by atoms with van der Waals surface area (Å²) in [6.45, 7) is 2.19. The first-order valence-corrected chi connectivity index (χ1v) is 8.79. The van der Waals surface area contributed by atoms with Gasteiger partial charge in [0.1, 0.15) is 5.25 Å². The van der Waals surface area contributed by atoms with Crippen LogP contribution in [0.25, 0.3) is 10.9 Å². The lowest BCUT2D eigenvalue weighted by Gasteiger charge is -2.34. The van der Waals surface area contributed by atoms with Crippen LogP contribution in [0, 0.1) is 0 Å². The highest BCUT2D eigenvalue weighted by molar-refractivity contribution is 7.89. The van der Waals surface area contributed by atoms with E-state index in [1.165, 1.54) is 0 Å². The quantitative estimate of drug-likeness (QED) is 0.846. The summed E-state index contributed by atoms with van der Waals surface area (Å²) in [5.41, 5.74) is 2.06. The van der Waals surface area contributed by atoms with E-state index in [-0.39, 0.29) is 5.25 Å². The molecular weight excluding hydrogens is 312 g/mol. The van der Waals surface area contributed by atoms with Gasteiger partial charge in [-0.3, -0.25) is 0 Å². The molecule has 112 valence electrons. The molecule has 1 aromatic carbocycles. The molecule has 1 aromatic heterocycles. The Labute approximate surface area is 128 Å². The first-order chi connectivity index (χ1) is 10.1. The van der Waals surface area contributed by atoms with E-state index in [4.69, 9.17) is 16.3 Å². The minimum Gasteiger partial charge on any atom is -0.378 e. The molecule has 2 aromatic rings. The number of halogens is 1. The number of hydrogen-bond donors (Lipinski definition) is 0. The van der Waals surface area contributed by atoms with Gasteiger partial charge < -0.3 is 9.30 Å². The second kappa shape index (κ2) is 4.71. The van der Waals surface area contributed by atoms with Crippen molar-refractivity contribution in [1.82, 2.24) is 8.87 Å². The van der Waals surface area contributed by atoms with Crippen molar-refractivity contribution >= 4 is 32.5 Å². The predicted molar refractivity (Wildman–Crippen MR) is 80.9 cm³/mol. The molecule has 0 radical (unpaired) electrons. The van der Waals surface area contributed by atoms with Crippen LogP contribution in [-0.2, 0) is 27.8 Å². The number of rotatable bonds is 2. The van der Waals surface area contributed by atoms with Crippen LogP contribution in [0.15, 0.2) is 24.3 Å². The normalized spacial score (nSPS) is 20.4. The maximum atomic E-state index is 12.5. The number of fused-ring (bicyclic) bond motifs is 3. The van der Waals surface area contributed by atoms with Crippen molar-refractivity contribution in [2.24, 2.45) is 0 Å². The standard InChI is InChI=1S/C14H15ClN2O3S/c15-13-2-1-3-14-12(13)6-10-7-16(4-5-17(10)14)21(18,19)11-8-20-9-11/h1-3,6,11H,4-5,7-9H2. The fourth-order valence-corrected chi connectivity index (χ4v) is 4.81. The molecule has 5 nitrogen and oxygen atoms in total. The topological polar surface area (TPSA) is 51.5 Å². The first-order valence-electron chi connectivity index (χ1n) is 6.91. The highest BCUT2D eigenvalue weighted by Gasteiger charge is 2.38. The van der Waals surface area contributed by atoms with Crippen molar-refractivity contribution in [3.8, 4) is 0 Å². The second-order valence-corrected chi connectivity index (χ2v) is 8.12. The van der Waals surface area contributed by atoms with Gasteiger partial charge in [-0.2, -0.15) is 4.31 Å². The van der Waals surface area contributed by atoms with E-state index in [0.29, 0.717) is 37.9 Å². The molecule has 0 saturated carbocycles. The summed E-state index contributed by atoms with van der Waals surface area (Å²) < 4.78 is 33.7. The van der Waals surface area contributed by atoms with Crippen LogP contribution in [-0.4, -0.2) is 42.3 Å². The van der Waals surface area contributed by atoms with Gasteiger partial charge in [0, 0.05) is 34.7 Å². The molecule has 0 atom stereocenters. The highest BCUT2D eigenvalue weighted by atomic mass is 35.5. The van der Waals surface area contributed by atoms with Gasteiger partial charge >= 0.3 is 0 Å². The van der Waals surface area contributed by atoms with E-state index in [0.717, 1.165) is 16.6 Å². The van der Waals surface area contributed by atoms with Crippen molar-refractivity contribution in [1.29, 1.82) is 0 Å². The lowest BCUT2D eigenvalue weighted by Crippen LogP contribution is -2.50. The van der Waals surface area contributed by atoms with Crippen molar-refractivity contribution < 1.29 is 13.2 Å². The van der Waals surface area contributed by atoms with Gasteiger partial charge in [-0.1, -0.05) is 17.7 Å². The Morgan fingerprint density at radius 3 is 2.76 bits per heavy atom. The lowest BCUT2D eigenvalue weighted by molar-refractivity contribution is 0.0387. The Morgan fingerprint density at radius 2 is 2.05 bits per heavy atom.